The van der Waals surface area contributed by atoms with Crippen molar-refractivity contribution in [3.05, 3.63) is 0 Å². The van der Waals surface area contributed by atoms with Crippen LogP contribution in [0.3, 0.4) is 0 Å². The molecule has 0 spiro atoms. The largest absolute Gasteiger partial charge is 0.313 e. The summed E-state index contributed by atoms with van der Waals surface area (Å²) in [6.07, 6.45) is 4.16. The summed E-state index contributed by atoms with van der Waals surface area (Å²) >= 11 is 0. The zero-order valence-corrected chi connectivity index (χ0v) is 9.85. The summed E-state index contributed by atoms with van der Waals surface area (Å²) in [6.45, 7) is 7.46. The molecule has 2 heterocycles. The molecular formula is C9H20Cl2N2. The molecule has 0 amide bonds. The van der Waals surface area contributed by atoms with Crippen LogP contribution in [0.4, 0.5) is 0 Å². The van der Waals surface area contributed by atoms with E-state index < -0.39 is 0 Å². The van der Waals surface area contributed by atoms with E-state index in [-0.39, 0.29) is 24.8 Å². The number of nitrogens with one attached hydrogen (secondary N) is 1. The highest BCUT2D eigenvalue weighted by atomic mass is 35.5. The van der Waals surface area contributed by atoms with Crippen LogP contribution in [0.1, 0.15) is 26.2 Å². The third-order valence-corrected chi connectivity index (χ3v) is 3.34. The molecule has 0 aromatic carbocycles. The molecule has 0 aromatic rings. The van der Waals surface area contributed by atoms with Crippen LogP contribution in [0, 0.1) is 0 Å². The zero-order valence-electron chi connectivity index (χ0n) is 8.21. The van der Waals surface area contributed by atoms with Crippen LogP contribution in [0.25, 0.3) is 0 Å². The molecule has 1 N–H and O–H groups in total. The molecule has 0 bridgehead atoms. The van der Waals surface area contributed by atoms with Gasteiger partial charge in [-0.15, -0.1) is 24.8 Å². The molecule has 2 aliphatic heterocycles. The first kappa shape index (κ1) is 13.5. The van der Waals surface area contributed by atoms with Crippen LogP contribution in [0.2, 0.25) is 0 Å². The van der Waals surface area contributed by atoms with E-state index in [0.29, 0.717) is 5.54 Å². The van der Waals surface area contributed by atoms with Gasteiger partial charge in [-0.05, 0) is 32.4 Å². The molecular weight excluding hydrogens is 207 g/mol. The van der Waals surface area contributed by atoms with E-state index in [2.05, 4.69) is 17.1 Å². The minimum Gasteiger partial charge on any atom is -0.313 e. The van der Waals surface area contributed by atoms with Crippen LogP contribution in [-0.2, 0) is 0 Å². The first-order valence-electron chi connectivity index (χ1n) is 4.83. The lowest BCUT2D eigenvalue weighted by atomic mass is 9.87. The van der Waals surface area contributed by atoms with Gasteiger partial charge < -0.3 is 5.32 Å². The van der Waals surface area contributed by atoms with Gasteiger partial charge in [0.05, 0.1) is 0 Å². The van der Waals surface area contributed by atoms with Crippen molar-refractivity contribution in [2.75, 3.05) is 26.2 Å². The maximum Gasteiger partial charge on any atom is 0.0455 e. The maximum atomic E-state index is 3.39. The van der Waals surface area contributed by atoms with Crippen molar-refractivity contribution in [3.63, 3.8) is 0 Å². The second-order valence-corrected chi connectivity index (χ2v) is 3.88. The highest BCUT2D eigenvalue weighted by Gasteiger charge is 2.41. The Morgan fingerprint density at radius 3 is 2.00 bits per heavy atom. The molecule has 0 unspecified atom stereocenters. The Morgan fingerprint density at radius 1 is 1.15 bits per heavy atom. The number of hydrogen-bond acceptors (Lipinski definition) is 2. The second-order valence-electron chi connectivity index (χ2n) is 3.88. The van der Waals surface area contributed by atoms with E-state index in [1.165, 1.54) is 45.4 Å². The van der Waals surface area contributed by atoms with Crippen molar-refractivity contribution < 1.29 is 0 Å². The van der Waals surface area contributed by atoms with Crippen molar-refractivity contribution in [1.29, 1.82) is 0 Å². The molecule has 2 rings (SSSR count). The Balaban J connectivity index is 0.000000720. The molecule has 2 aliphatic rings. The summed E-state index contributed by atoms with van der Waals surface area (Å²) in [5, 5.41) is 3.39. The number of likely N-dealkylation sites (tertiary alicyclic amines) is 1. The van der Waals surface area contributed by atoms with Crippen LogP contribution in [0.5, 0.6) is 0 Å². The number of halogens is 2. The SMILES string of the molecule is CCC1(N2CCCC2)CNC1.Cl.Cl. The fourth-order valence-electron chi connectivity index (χ4n) is 2.30. The Labute approximate surface area is 93.3 Å². The van der Waals surface area contributed by atoms with E-state index in [0.717, 1.165) is 0 Å². The Kier molecular flexibility index (Phi) is 5.61. The lowest BCUT2D eigenvalue weighted by molar-refractivity contribution is 0.0554. The summed E-state index contributed by atoms with van der Waals surface area (Å²) in [7, 11) is 0. The lowest BCUT2D eigenvalue weighted by Crippen LogP contribution is -2.67. The molecule has 0 atom stereocenters. The van der Waals surface area contributed by atoms with E-state index in [1.54, 1.807) is 0 Å². The third kappa shape index (κ3) is 2.30. The van der Waals surface area contributed by atoms with E-state index in [1.807, 2.05) is 0 Å². The van der Waals surface area contributed by atoms with Gasteiger partial charge in [0.25, 0.3) is 0 Å². The van der Waals surface area contributed by atoms with E-state index in [4.69, 9.17) is 0 Å². The zero-order chi connectivity index (χ0) is 7.73. The number of hydrogen-bond donors (Lipinski definition) is 1. The van der Waals surface area contributed by atoms with Gasteiger partial charge >= 0.3 is 0 Å². The summed E-state index contributed by atoms with van der Waals surface area (Å²) < 4.78 is 0. The maximum absolute atomic E-state index is 3.39. The highest BCUT2D eigenvalue weighted by Crippen LogP contribution is 2.27. The molecule has 0 radical (unpaired) electrons. The fourth-order valence-corrected chi connectivity index (χ4v) is 2.30. The van der Waals surface area contributed by atoms with Gasteiger partial charge in [-0.2, -0.15) is 0 Å². The van der Waals surface area contributed by atoms with Crippen LogP contribution in [0.15, 0.2) is 0 Å². The average molecular weight is 227 g/mol. The molecule has 2 nitrogen and oxygen atoms in total. The first-order valence-corrected chi connectivity index (χ1v) is 4.83. The van der Waals surface area contributed by atoms with Gasteiger partial charge in [0, 0.05) is 18.6 Å². The van der Waals surface area contributed by atoms with Crippen molar-refractivity contribution in [2.45, 2.75) is 31.7 Å². The van der Waals surface area contributed by atoms with Gasteiger partial charge in [-0.1, -0.05) is 6.92 Å². The Morgan fingerprint density at radius 2 is 1.69 bits per heavy atom. The topological polar surface area (TPSA) is 15.3 Å². The average Bonchev–Trinajstić information content (AvgIpc) is 2.39. The summed E-state index contributed by atoms with van der Waals surface area (Å²) in [6, 6.07) is 0. The minimum atomic E-state index is 0. The van der Waals surface area contributed by atoms with Crippen molar-refractivity contribution in [2.24, 2.45) is 0 Å². The summed E-state index contributed by atoms with van der Waals surface area (Å²) in [4.78, 5) is 2.68. The highest BCUT2D eigenvalue weighted by molar-refractivity contribution is 5.85. The second kappa shape index (κ2) is 5.40. The quantitative estimate of drug-likeness (QED) is 0.772. The van der Waals surface area contributed by atoms with Gasteiger partial charge in [0.2, 0.25) is 0 Å². The van der Waals surface area contributed by atoms with Crippen LogP contribution >= 0.6 is 24.8 Å². The molecule has 0 aromatic heterocycles. The van der Waals surface area contributed by atoms with Crippen molar-refractivity contribution in [1.82, 2.24) is 10.2 Å². The Hall–Kier alpha value is 0.500. The smallest absolute Gasteiger partial charge is 0.0455 e. The van der Waals surface area contributed by atoms with E-state index in [9.17, 15) is 0 Å². The molecule has 4 heteroatoms. The molecule has 0 saturated carbocycles. The standard InChI is InChI=1S/C9H18N2.2ClH/c1-2-9(7-10-8-9)11-5-3-4-6-11;;/h10H,2-8H2,1H3;2*1H. The first-order chi connectivity index (χ1) is 5.37. The normalized spacial score (nSPS) is 25.6. The fraction of sp³-hybridized carbons (Fsp3) is 1.00. The third-order valence-electron chi connectivity index (χ3n) is 3.34. The minimum absolute atomic E-state index is 0. The van der Waals surface area contributed by atoms with E-state index >= 15 is 0 Å². The number of rotatable bonds is 2. The number of nitrogens with zero attached hydrogens (tertiary/aromatic N) is 1. The predicted octanol–water partition coefficient (Wildman–Crippen LogP) is 1.68. The molecule has 80 valence electrons. The lowest BCUT2D eigenvalue weighted by Gasteiger charge is -2.49. The van der Waals surface area contributed by atoms with Crippen LogP contribution in [-0.4, -0.2) is 36.6 Å². The predicted molar refractivity (Wildman–Crippen MR) is 61.2 cm³/mol. The molecule has 0 aliphatic carbocycles. The molecule has 2 saturated heterocycles. The van der Waals surface area contributed by atoms with Gasteiger partial charge in [-0.3, -0.25) is 4.90 Å². The van der Waals surface area contributed by atoms with Gasteiger partial charge in [0.15, 0.2) is 0 Å². The molecule has 13 heavy (non-hydrogen) atoms. The Bertz CT molecular complexity index is 137. The van der Waals surface area contributed by atoms with Gasteiger partial charge in [0.1, 0.15) is 0 Å². The van der Waals surface area contributed by atoms with Crippen molar-refractivity contribution >= 4 is 24.8 Å². The molecule has 2 fully saturated rings. The van der Waals surface area contributed by atoms with Gasteiger partial charge in [-0.25, -0.2) is 0 Å². The monoisotopic (exact) mass is 226 g/mol. The van der Waals surface area contributed by atoms with Crippen molar-refractivity contribution in [3.8, 4) is 0 Å². The van der Waals surface area contributed by atoms with Crippen LogP contribution < -0.4 is 5.32 Å². The summed E-state index contributed by atoms with van der Waals surface area (Å²) in [5.74, 6) is 0. The summed E-state index contributed by atoms with van der Waals surface area (Å²) in [5.41, 5.74) is 0.566.